The molecule has 49 heavy (non-hydrogen) atoms. The van der Waals surface area contributed by atoms with Gasteiger partial charge in [0.1, 0.15) is 24.2 Å². The zero-order valence-corrected chi connectivity index (χ0v) is 28.9. The highest BCUT2D eigenvalue weighted by atomic mass is 16.7. The van der Waals surface area contributed by atoms with E-state index >= 15 is 0 Å². The molecule has 7 atom stereocenters. The monoisotopic (exact) mass is 666 g/mol. The van der Waals surface area contributed by atoms with Crippen LogP contribution in [-0.2, 0) is 31.9 Å². The minimum atomic E-state index is -0.793. The maximum Gasteiger partial charge on any atom is 0.481 e. The van der Waals surface area contributed by atoms with Gasteiger partial charge in [-0.15, -0.1) is 0 Å². The molecule has 3 heterocycles. The number of benzene rings is 2. The molecule has 1 aromatic heterocycles. The Balaban J connectivity index is 1.08. The maximum atomic E-state index is 14.2. The highest BCUT2D eigenvalue weighted by molar-refractivity contribution is 6.47. The molecular weight excluding hydrogens is 619 g/mol. The predicted molar refractivity (Wildman–Crippen MR) is 187 cm³/mol. The van der Waals surface area contributed by atoms with E-state index in [2.05, 4.69) is 48.5 Å². The lowest BCUT2D eigenvalue weighted by molar-refractivity contribution is -0.199. The number of hydrogen-bond acceptors (Lipinski definition) is 7. The van der Waals surface area contributed by atoms with Gasteiger partial charge >= 0.3 is 13.2 Å². The molecule has 5 aliphatic rings. The van der Waals surface area contributed by atoms with Gasteiger partial charge in [0.05, 0.1) is 23.8 Å². The number of anilines is 1. The summed E-state index contributed by atoms with van der Waals surface area (Å²) in [5.41, 5.74) is 1.39. The summed E-state index contributed by atoms with van der Waals surface area (Å²) in [4.78, 5) is 45.5. The molecule has 4 fully saturated rings. The minimum Gasteiger partial charge on any atom is -0.444 e. The number of rotatable bonds is 11. The number of hydrogen-bond donors (Lipinski definition) is 2. The van der Waals surface area contributed by atoms with E-state index in [0.717, 1.165) is 37.7 Å². The molecular formula is C38H47BN4O6. The van der Waals surface area contributed by atoms with Gasteiger partial charge in [-0.2, -0.15) is 0 Å². The van der Waals surface area contributed by atoms with Crippen molar-refractivity contribution >= 4 is 24.8 Å². The number of fused-ring (bicyclic) bond motifs is 1. The Bertz CT molecular complexity index is 1730. The molecule has 0 spiro atoms. The molecule has 2 N–H and O–H groups in total. The summed E-state index contributed by atoms with van der Waals surface area (Å²) in [6.07, 6.45) is 6.31. The van der Waals surface area contributed by atoms with E-state index in [1.165, 1.54) is 16.3 Å². The van der Waals surface area contributed by atoms with Gasteiger partial charge in [-0.1, -0.05) is 81.4 Å². The summed E-state index contributed by atoms with van der Waals surface area (Å²) < 4.78 is 20.1. The Kier molecular flexibility index (Phi) is 9.17. The summed E-state index contributed by atoms with van der Waals surface area (Å²) in [6, 6.07) is 18.8. The maximum absolute atomic E-state index is 14.2. The normalized spacial score (nSPS) is 28.2. The number of amides is 2. The topological polar surface area (TPSA) is 121 Å². The highest BCUT2D eigenvalue weighted by Gasteiger charge is 2.68. The zero-order valence-electron chi connectivity index (χ0n) is 28.9. The molecule has 3 saturated carbocycles. The number of aryl methyl sites for hydroxylation is 1. The van der Waals surface area contributed by atoms with Gasteiger partial charge in [-0.25, -0.2) is 9.78 Å². The predicted octanol–water partition coefficient (Wildman–Crippen LogP) is 6.21. The third-order valence-electron chi connectivity index (χ3n) is 11.9. The van der Waals surface area contributed by atoms with Gasteiger partial charge in [0, 0.05) is 5.92 Å². The quantitative estimate of drug-likeness (QED) is 0.234. The van der Waals surface area contributed by atoms with Crippen LogP contribution in [0.4, 0.5) is 10.5 Å². The van der Waals surface area contributed by atoms with E-state index in [9.17, 15) is 14.4 Å². The van der Waals surface area contributed by atoms with Gasteiger partial charge in [-0.05, 0) is 80.2 Å². The first-order valence-electron chi connectivity index (χ1n) is 17.8. The Labute approximate surface area is 288 Å². The van der Waals surface area contributed by atoms with E-state index < -0.39 is 24.8 Å². The second kappa shape index (κ2) is 13.4. The zero-order chi connectivity index (χ0) is 34.3. The van der Waals surface area contributed by atoms with Gasteiger partial charge in [0.2, 0.25) is 5.91 Å². The first kappa shape index (κ1) is 33.5. The summed E-state index contributed by atoms with van der Waals surface area (Å²) in [6.45, 7) is 8.90. The standard InChI is InChI=1S/C38H47BN4O6/c1-5-32(39-48-31-21-27-20-30(37(27,2)3)38(31,4)49-39)42-34(44)29-19-26(18-12-17-24-13-8-6-9-14-24)33-40-22-28(35(45)43(29)33)41-36(46)47-23-25-15-10-7-11-16-25/h6-11,13-16,22,26-27,29-32H,5,12,17-21,23H2,1-4H3,(H,41,46)(H,42,44)/t26-,27-,29-,30-,31+,32-,38-/m0/s1. The molecule has 0 radical (unpaired) electrons. The second-order valence-electron chi connectivity index (χ2n) is 15.1. The number of nitrogens with one attached hydrogen (secondary N) is 2. The van der Waals surface area contributed by atoms with Crippen LogP contribution < -0.4 is 16.2 Å². The number of aromatic nitrogens is 2. The van der Waals surface area contributed by atoms with Crippen molar-refractivity contribution in [2.75, 3.05) is 5.32 Å². The van der Waals surface area contributed by atoms with Gasteiger partial charge in [-0.3, -0.25) is 19.5 Å². The summed E-state index contributed by atoms with van der Waals surface area (Å²) >= 11 is 0. The van der Waals surface area contributed by atoms with E-state index in [-0.39, 0.29) is 47.2 Å². The fraction of sp³-hybridized carbons (Fsp3) is 0.526. The van der Waals surface area contributed by atoms with Gasteiger partial charge in [0.15, 0.2) is 0 Å². The van der Waals surface area contributed by atoms with Crippen molar-refractivity contribution in [3.63, 3.8) is 0 Å². The lowest BCUT2D eigenvalue weighted by atomic mass is 9.43. The molecule has 11 heteroatoms. The average molecular weight is 667 g/mol. The first-order valence-corrected chi connectivity index (χ1v) is 17.8. The van der Waals surface area contributed by atoms with Crippen molar-refractivity contribution in [2.24, 2.45) is 17.3 Å². The molecule has 2 bridgehead atoms. The molecule has 2 aromatic carbocycles. The third kappa shape index (κ3) is 6.31. The first-order chi connectivity index (χ1) is 23.6. The van der Waals surface area contributed by atoms with Crippen molar-refractivity contribution in [3.05, 3.63) is 94.2 Å². The summed E-state index contributed by atoms with van der Waals surface area (Å²) in [5, 5.41) is 5.77. The Hall–Kier alpha value is -3.96. The van der Waals surface area contributed by atoms with Crippen LogP contribution in [0.3, 0.4) is 0 Å². The number of ether oxygens (including phenoxy) is 1. The fourth-order valence-corrected chi connectivity index (χ4v) is 8.90. The molecule has 1 saturated heterocycles. The van der Waals surface area contributed by atoms with E-state index in [0.29, 0.717) is 30.5 Å². The largest absolute Gasteiger partial charge is 0.481 e. The molecule has 2 aliphatic heterocycles. The minimum absolute atomic E-state index is 0.00327. The van der Waals surface area contributed by atoms with E-state index in [4.69, 9.17) is 14.0 Å². The second-order valence-corrected chi connectivity index (χ2v) is 15.1. The Morgan fingerprint density at radius 1 is 1.04 bits per heavy atom. The van der Waals surface area contributed by atoms with Crippen LogP contribution in [0.25, 0.3) is 0 Å². The van der Waals surface area contributed by atoms with Crippen LogP contribution in [0.15, 0.2) is 71.7 Å². The summed E-state index contributed by atoms with van der Waals surface area (Å²) in [5.74, 6) is 0.843. The average Bonchev–Trinajstić information content (AvgIpc) is 3.66. The van der Waals surface area contributed by atoms with Crippen molar-refractivity contribution in [3.8, 4) is 0 Å². The van der Waals surface area contributed by atoms with Crippen LogP contribution in [0.5, 0.6) is 0 Å². The van der Waals surface area contributed by atoms with Crippen molar-refractivity contribution in [1.29, 1.82) is 0 Å². The molecule has 10 nitrogen and oxygen atoms in total. The van der Waals surface area contributed by atoms with E-state index in [1.54, 1.807) is 0 Å². The lowest BCUT2D eigenvalue weighted by Gasteiger charge is -2.64. The number of carbonyl (C=O) groups is 2. The molecule has 8 rings (SSSR count). The van der Waals surface area contributed by atoms with Crippen LogP contribution >= 0.6 is 0 Å². The van der Waals surface area contributed by atoms with Crippen LogP contribution in [0, 0.1) is 17.3 Å². The highest BCUT2D eigenvalue weighted by Crippen LogP contribution is 2.65. The molecule has 2 amide bonds. The fourth-order valence-electron chi connectivity index (χ4n) is 8.90. The van der Waals surface area contributed by atoms with Gasteiger partial charge in [0.25, 0.3) is 5.56 Å². The smallest absolute Gasteiger partial charge is 0.444 e. The molecule has 3 aromatic rings. The third-order valence-corrected chi connectivity index (χ3v) is 11.9. The molecule has 3 aliphatic carbocycles. The Morgan fingerprint density at radius 2 is 1.76 bits per heavy atom. The summed E-state index contributed by atoms with van der Waals surface area (Å²) in [7, 11) is -0.566. The van der Waals surface area contributed by atoms with Crippen LogP contribution in [0.2, 0.25) is 0 Å². The molecule has 258 valence electrons. The van der Waals surface area contributed by atoms with E-state index in [1.807, 2.05) is 55.5 Å². The number of carbonyl (C=O) groups excluding carboxylic acids is 2. The Morgan fingerprint density at radius 3 is 2.45 bits per heavy atom. The molecule has 0 unspecified atom stereocenters. The van der Waals surface area contributed by atoms with Crippen LogP contribution in [0.1, 0.15) is 95.1 Å². The SMILES string of the molecule is CC[C@H](NC(=O)[C@@H]1C[C@H](CCCc2ccccc2)c2ncc(NC(=O)OCc3ccccc3)c(=O)n21)B1O[C@@H]2C[C@@H]3C[C@@H](C3(C)C)[C@]2(C)O1. The van der Waals surface area contributed by atoms with Crippen molar-refractivity contribution < 1.29 is 23.6 Å². The van der Waals surface area contributed by atoms with Crippen molar-refractivity contribution in [1.82, 2.24) is 14.9 Å². The van der Waals surface area contributed by atoms with Gasteiger partial charge < -0.3 is 19.4 Å². The van der Waals surface area contributed by atoms with Crippen molar-refractivity contribution in [2.45, 2.75) is 109 Å². The lowest BCUT2D eigenvalue weighted by Crippen LogP contribution is -2.65. The van der Waals surface area contributed by atoms with Crippen LogP contribution in [-0.4, -0.2) is 46.3 Å². The number of nitrogens with zero attached hydrogens (tertiary/aromatic N) is 2.